The van der Waals surface area contributed by atoms with Crippen molar-refractivity contribution in [2.75, 3.05) is 26.2 Å². The maximum atomic E-state index is 11.4. The molecule has 0 aromatic carbocycles. The van der Waals surface area contributed by atoms with E-state index in [0.29, 0.717) is 12.1 Å². The average molecular weight is 226 g/mol. The van der Waals surface area contributed by atoms with Crippen molar-refractivity contribution in [2.45, 2.75) is 44.7 Å². The number of piperidine rings is 1. The summed E-state index contributed by atoms with van der Waals surface area (Å²) in [6.07, 6.45) is 4.78. The lowest BCUT2D eigenvalue weighted by Gasteiger charge is -2.39. The van der Waals surface area contributed by atoms with Crippen molar-refractivity contribution < 1.29 is 9.90 Å². The molecule has 1 unspecified atom stereocenters. The van der Waals surface area contributed by atoms with Crippen LogP contribution in [0.4, 0.5) is 0 Å². The number of aliphatic hydroxyl groups is 1. The van der Waals surface area contributed by atoms with E-state index in [2.05, 4.69) is 4.90 Å². The molecule has 2 fully saturated rings. The zero-order chi connectivity index (χ0) is 11.5. The Balaban J connectivity index is 1.93. The summed E-state index contributed by atoms with van der Waals surface area (Å²) in [7, 11) is 0. The molecule has 2 aliphatic rings. The minimum Gasteiger partial charge on any atom is -0.395 e. The van der Waals surface area contributed by atoms with Gasteiger partial charge in [-0.1, -0.05) is 0 Å². The molecule has 0 aromatic heterocycles. The van der Waals surface area contributed by atoms with Crippen molar-refractivity contribution in [3.05, 3.63) is 0 Å². The number of amides is 1. The first kappa shape index (κ1) is 11.9. The summed E-state index contributed by atoms with van der Waals surface area (Å²) >= 11 is 0. The van der Waals surface area contributed by atoms with Gasteiger partial charge in [-0.05, 0) is 25.7 Å². The van der Waals surface area contributed by atoms with Gasteiger partial charge in [0, 0.05) is 38.6 Å². The normalized spacial score (nSPS) is 26.2. The van der Waals surface area contributed by atoms with E-state index < -0.39 is 0 Å². The molecular formula is C12H22N2O2. The van der Waals surface area contributed by atoms with Gasteiger partial charge >= 0.3 is 0 Å². The topological polar surface area (TPSA) is 43.8 Å². The number of aliphatic hydroxyl groups excluding tert-OH is 1. The molecule has 4 nitrogen and oxygen atoms in total. The molecule has 1 amide bonds. The van der Waals surface area contributed by atoms with Crippen LogP contribution < -0.4 is 0 Å². The second kappa shape index (κ2) is 5.15. The van der Waals surface area contributed by atoms with Crippen molar-refractivity contribution >= 4 is 5.91 Å². The number of likely N-dealkylation sites (tertiary alicyclic amines) is 1. The Hall–Kier alpha value is -0.610. The predicted molar refractivity (Wildman–Crippen MR) is 62.1 cm³/mol. The van der Waals surface area contributed by atoms with Crippen molar-refractivity contribution in [3.8, 4) is 0 Å². The van der Waals surface area contributed by atoms with Crippen LogP contribution in [0.15, 0.2) is 0 Å². The Morgan fingerprint density at radius 1 is 1.38 bits per heavy atom. The Bertz CT molecular complexity index is 253. The van der Waals surface area contributed by atoms with Crippen molar-refractivity contribution in [1.82, 2.24) is 9.80 Å². The van der Waals surface area contributed by atoms with E-state index in [4.69, 9.17) is 5.11 Å². The first-order valence-electron chi connectivity index (χ1n) is 6.34. The van der Waals surface area contributed by atoms with Crippen LogP contribution in [0.25, 0.3) is 0 Å². The predicted octanol–water partition coefficient (Wildman–Crippen LogP) is 0.454. The lowest BCUT2D eigenvalue weighted by molar-refractivity contribution is -0.131. The summed E-state index contributed by atoms with van der Waals surface area (Å²) in [4.78, 5) is 15.7. The monoisotopic (exact) mass is 226 g/mol. The summed E-state index contributed by atoms with van der Waals surface area (Å²) < 4.78 is 0. The molecule has 1 atom stereocenters. The largest absolute Gasteiger partial charge is 0.395 e. The Kier molecular flexibility index (Phi) is 3.82. The number of hydrogen-bond acceptors (Lipinski definition) is 3. The Labute approximate surface area is 97.2 Å². The van der Waals surface area contributed by atoms with Gasteiger partial charge in [0.2, 0.25) is 5.91 Å². The summed E-state index contributed by atoms with van der Waals surface area (Å²) in [6.45, 7) is 4.40. The number of nitrogens with zero attached hydrogens (tertiary/aromatic N) is 2. The van der Waals surface area contributed by atoms with Gasteiger partial charge in [0.1, 0.15) is 0 Å². The second-order valence-corrected chi connectivity index (χ2v) is 4.95. The molecule has 1 saturated carbocycles. The fraction of sp³-hybridized carbons (Fsp3) is 0.917. The van der Waals surface area contributed by atoms with E-state index >= 15 is 0 Å². The minimum absolute atomic E-state index is 0.185. The molecule has 2 rings (SSSR count). The van der Waals surface area contributed by atoms with Gasteiger partial charge in [-0.2, -0.15) is 0 Å². The highest BCUT2D eigenvalue weighted by Crippen LogP contribution is 2.30. The third-order valence-corrected chi connectivity index (χ3v) is 3.68. The third-order valence-electron chi connectivity index (χ3n) is 3.68. The molecule has 1 saturated heterocycles. The van der Waals surface area contributed by atoms with Gasteiger partial charge in [-0.25, -0.2) is 0 Å². The molecule has 1 aliphatic heterocycles. The highest BCUT2D eigenvalue weighted by atomic mass is 16.3. The second-order valence-electron chi connectivity index (χ2n) is 4.95. The molecule has 16 heavy (non-hydrogen) atoms. The van der Waals surface area contributed by atoms with Gasteiger partial charge in [0.25, 0.3) is 0 Å². The number of carbonyl (C=O) groups is 1. The molecule has 1 N–H and O–H groups in total. The van der Waals surface area contributed by atoms with E-state index in [9.17, 15) is 4.79 Å². The quantitative estimate of drug-likeness (QED) is 0.757. The average Bonchev–Trinajstić information content (AvgIpc) is 3.10. The maximum Gasteiger partial charge on any atom is 0.219 e. The molecule has 0 aromatic rings. The highest BCUT2D eigenvalue weighted by molar-refractivity contribution is 5.73. The summed E-state index contributed by atoms with van der Waals surface area (Å²) in [5.41, 5.74) is 0. The van der Waals surface area contributed by atoms with Gasteiger partial charge in [-0.3, -0.25) is 9.69 Å². The number of rotatable bonds is 4. The Morgan fingerprint density at radius 3 is 2.69 bits per heavy atom. The fourth-order valence-corrected chi connectivity index (χ4v) is 2.70. The first-order chi connectivity index (χ1) is 7.72. The molecule has 1 heterocycles. The smallest absolute Gasteiger partial charge is 0.219 e. The van der Waals surface area contributed by atoms with Gasteiger partial charge in [0.15, 0.2) is 0 Å². The standard InChI is InChI=1S/C12H22N2O2/c1-10(16)13-6-2-3-12(9-13)14(7-8-15)11-4-5-11/h11-12,15H,2-9H2,1H3. The van der Waals surface area contributed by atoms with E-state index in [0.717, 1.165) is 26.1 Å². The van der Waals surface area contributed by atoms with Crippen LogP contribution >= 0.6 is 0 Å². The van der Waals surface area contributed by atoms with Crippen LogP contribution in [-0.4, -0.2) is 59.1 Å². The van der Waals surface area contributed by atoms with E-state index in [1.807, 2.05) is 4.90 Å². The van der Waals surface area contributed by atoms with Crippen molar-refractivity contribution in [3.63, 3.8) is 0 Å². The summed E-state index contributed by atoms with van der Waals surface area (Å²) in [5.74, 6) is 0.185. The SMILES string of the molecule is CC(=O)N1CCCC(N(CCO)C2CC2)C1. The zero-order valence-corrected chi connectivity index (χ0v) is 10.1. The number of hydrogen-bond donors (Lipinski definition) is 1. The van der Waals surface area contributed by atoms with Crippen LogP contribution in [0.1, 0.15) is 32.6 Å². The third kappa shape index (κ3) is 2.74. The lowest BCUT2D eigenvalue weighted by Crippen LogP contribution is -2.50. The number of carbonyl (C=O) groups excluding carboxylic acids is 1. The van der Waals surface area contributed by atoms with Gasteiger partial charge in [0.05, 0.1) is 6.61 Å². The molecule has 0 bridgehead atoms. The Morgan fingerprint density at radius 2 is 2.12 bits per heavy atom. The minimum atomic E-state index is 0.185. The van der Waals surface area contributed by atoms with Crippen LogP contribution in [0, 0.1) is 0 Å². The molecule has 0 spiro atoms. The molecule has 92 valence electrons. The van der Waals surface area contributed by atoms with E-state index in [-0.39, 0.29) is 12.5 Å². The van der Waals surface area contributed by atoms with Gasteiger partial charge < -0.3 is 10.0 Å². The van der Waals surface area contributed by atoms with Crippen molar-refractivity contribution in [2.24, 2.45) is 0 Å². The summed E-state index contributed by atoms with van der Waals surface area (Å²) in [5, 5.41) is 9.10. The van der Waals surface area contributed by atoms with Crippen LogP contribution in [0.3, 0.4) is 0 Å². The van der Waals surface area contributed by atoms with E-state index in [1.54, 1.807) is 6.92 Å². The molecule has 4 heteroatoms. The summed E-state index contributed by atoms with van der Waals surface area (Å²) in [6, 6.07) is 1.14. The fourth-order valence-electron chi connectivity index (χ4n) is 2.70. The zero-order valence-electron chi connectivity index (χ0n) is 10.1. The molecule has 0 radical (unpaired) electrons. The van der Waals surface area contributed by atoms with E-state index in [1.165, 1.54) is 19.3 Å². The molecule has 1 aliphatic carbocycles. The van der Waals surface area contributed by atoms with Crippen LogP contribution in [-0.2, 0) is 4.79 Å². The van der Waals surface area contributed by atoms with Crippen molar-refractivity contribution in [1.29, 1.82) is 0 Å². The van der Waals surface area contributed by atoms with Gasteiger partial charge in [-0.15, -0.1) is 0 Å². The maximum absolute atomic E-state index is 11.4. The van der Waals surface area contributed by atoms with Crippen LogP contribution in [0.5, 0.6) is 0 Å². The lowest BCUT2D eigenvalue weighted by atomic mass is 10.0. The first-order valence-corrected chi connectivity index (χ1v) is 6.34. The van der Waals surface area contributed by atoms with Crippen LogP contribution in [0.2, 0.25) is 0 Å². The highest BCUT2D eigenvalue weighted by Gasteiger charge is 2.35. The molecular weight excluding hydrogens is 204 g/mol.